The molecule has 0 saturated carbocycles. The highest BCUT2D eigenvalue weighted by atomic mass is 16.2. The summed E-state index contributed by atoms with van der Waals surface area (Å²) in [6, 6.07) is 7.01. The highest BCUT2D eigenvalue weighted by Gasteiger charge is 2.24. The fraction of sp³-hybridized carbons (Fsp3) is 0.579. The summed E-state index contributed by atoms with van der Waals surface area (Å²) in [6.07, 6.45) is 0. The Morgan fingerprint density at radius 1 is 1.04 bits per heavy atom. The van der Waals surface area contributed by atoms with E-state index in [0.717, 1.165) is 0 Å². The molecule has 1 aromatic rings. The first kappa shape index (κ1) is 20.2. The van der Waals surface area contributed by atoms with Crippen LogP contribution < -0.4 is 16.0 Å². The number of amides is 2. The van der Waals surface area contributed by atoms with Crippen molar-refractivity contribution >= 4 is 11.8 Å². The average molecular weight is 333 g/mol. The second kappa shape index (κ2) is 8.83. The summed E-state index contributed by atoms with van der Waals surface area (Å²) < 4.78 is 0. The molecule has 0 spiro atoms. The van der Waals surface area contributed by atoms with Crippen molar-refractivity contribution in [3.05, 3.63) is 35.4 Å². The fourth-order valence-corrected chi connectivity index (χ4v) is 2.30. The summed E-state index contributed by atoms with van der Waals surface area (Å²) in [6.45, 7) is 11.5. The number of carbonyl (C=O) groups excluding carboxylic acids is 2. The maximum atomic E-state index is 12.5. The molecule has 1 aromatic carbocycles. The molecule has 0 aliphatic carbocycles. The number of carbonyl (C=O) groups is 2. The molecule has 134 valence electrons. The molecule has 3 N–H and O–H groups in total. The Kier molecular flexibility index (Phi) is 7.42. The van der Waals surface area contributed by atoms with Crippen molar-refractivity contribution in [2.24, 2.45) is 5.92 Å². The molecule has 1 rings (SSSR count). The molecule has 24 heavy (non-hydrogen) atoms. The lowest BCUT2D eigenvalue weighted by atomic mass is 9.86. The lowest BCUT2D eigenvalue weighted by Gasteiger charge is -2.22. The fourth-order valence-electron chi connectivity index (χ4n) is 2.30. The number of hydrogen-bond donors (Lipinski definition) is 3. The highest BCUT2D eigenvalue weighted by Crippen LogP contribution is 2.22. The summed E-state index contributed by atoms with van der Waals surface area (Å²) in [7, 11) is 1.83. The van der Waals surface area contributed by atoms with Crippen LogP contribution in [0.25, 0.3) is 0 Å². The zero-order valence-corrected chi connectivity index (χ0v) is 15.7. The minimum absolute atomic E-state index is 0.0115. The van der Waals surface area contributed by atoms with Crippen LogP contribution in [0, 0.1) is 5.92 Å². The molecular weight excluding hydrogens is 302 g/mol. The predicted molar refractivity (Wildman–Crippen MR) is 98.2 cm³/mol. The van der Waals surface area contributed by atoms with Gasteiger partial charge in [0.2, 0.25) is 5.91 Å². The van der Waals surface area contributed by atoms with Crippen molar-refractivity contribution in [2.75, 3.05) is 20.1 Å². The Labute approximate surface area is 145 Å². The second-order valence-electron chi connectivity index (χ2n) is 7.42. The quantitative estimate of drug-likeness (QED) is 0.669. The van der Waals surface area contributed by atoms with Gasteiger partial charge in [0.15, 0.2) is 0 Å². The number of nitrogens with one attached hydrogen (secondary N) is 3. The molecule has 0 aromatic heterocycles. The van der Waals surface area contributed by atoms with Crippen molar-refractivity contribution in [2.45, 2.75) is 46.1 Å². The summed E-state index contributed by atoms with van der Waals surface area (Å²) in [5, 5.41) is 8.65. The van der Waals surface area contributed by atoms with Crippen LogP contribution in [0.15, 0.2) is 24.3 Å². The largest absolute Gasteiger partial charge is 0.353 e. The average Bonchev–Trinajstić information content (AvgIpc) is 2.51. The van der Waals surface area contributed by atoms with Gasteiger partial charge in [0.05, 0.1) is 0 Å². The van der Waals surface area contributed by atoms with Crippen molar-refractivity contribution in [3.8, 4) is 0 Å². The van der Waals surface area contributed by atoms with Crippen LogP contribution in [0.2, 0.25) is 0 Å². The van der Waals surface area contributed by atoms with Gasteiger partial charge in [-0.05, 0) is 36.1 Å². The van der Waals surface area contributed by atoms with E-state index >= 15 is 0 Å². The first-order chi connectivity index (χ1) is 11.2. The third-order valence-corrected chi connectivity index (χ3v) is 3.92. The Morgan fingerprint density at radius 2 is 1.62 bits per heavy atom. The normalized spacial score (nSPS) is 12.8. The van der Waals surface area contributed by atoms with Crippen molar-refractivity contribution in [1.29, 1.82) is 0 Å². The minimum atomic E-state index is -0.545. The Morgan fingerprint density at radius 3 is 2.08 bits per heavy atom. The maximum absolute atomic E-state index is 12.5. The van der Waals surface area contributed by atoms with Crippen LogP contribution in [0.1, 0.15) is 50.5 Å². The van der Waals surface area contributed by atoms with Crippen LogP contribution in [0.5, 0.6) is 0 Å². The smallest absolute Gasteiger partial charge is 0.251 e. The molecule has 0 saturated heterocycles. The summed E-state index contributed by atoms with van der Waals surface area (Å²) in [5.41, 5.74) is 1.78. The van der Waals surface area contributed by atoms with E-state index in [0.29, 0.717) is 18.7 Å². The molecule has 0 aliphatic rings. The van der Waals surface area contributed by atoms with E-state index in [-0.39, 0.29) is 23.1 Å². The van der Waals surface area contributed by atoms with Gasteiger partial charge in [-0.3, -0.25) is 9.59 Å². The summed E-state index contributed by atoms with van der Waals surface area (Å²) >= 11 is 0. The van der Waals surface area contributed by atoms with Crippen LogP contribution in [0.3, 0.4) is 0 Å². The van der Waals surface area contributed by atoms with Gasteiger partial charge in [0.1, 0.15) is 6.04 Å². The third-order valence-electron chi connectivity index (χ3n) is 3.92. The zero-order chi connectivity index (χ0) is 18.3. The van der Waals surface area contributed by atoms with Gasteiger partial charge in [-0.2, -0.15) is 0 Å². The van der Waals surface area contributed by atoms with E-state index < -0.39 is 6.04 Å². The van der Waals surface area contributed by atoms with E-state index in [9.17, 15) is 9.59 Å². The van der Waals surface area contributed by atoms with Gasteiger partial charge in [-0.15, -0.1) is 0 Å². The van der Waals surface area contributed by atoms with Gasteiger partial charge in [-0.25, -0.2) is 0 Å². The molecule has 0 fully saturated rings. The number of likely N-dealkylation sites (N-methyl/N-ethyl adjacent to an activating group) is 1. The molecule has 5 heteroatoms. The van der Waals surface area contributed by atoms with Gasteiger partial charge in [0.25, 0.3) is 5.91 Å². The lowest BCUT2D eigenvalue weighted by molar-refractivity contribution is -0.123. The van der Waals surface area contributed by atoms with Crippen molar-refractivity contribution in [1.82, 2.24) is 16.0 Å². The van der Waals surface area contributed by atoms with E-state index in [1.807, 2.05) is 45.2 Å². The van der Waals surface area contributed by atoms with E-state index in [2.05, 4.69) is 36.7 Å². The van der Waals surface area contributed by atoms with Crippen LogP contribution >= 0.6 is 0 Å². The topological polar surface area (TPSA) is 70.2 Å². The van der Waals surface area contributed by atoms with Crippen molar-refractivity contribution < 1.29 is 9.59 Å². The first-order valence-electron chi connectivity index (χ1n) is 8.50. The summed E-state index contributed by atoms with van der Waals surface area (Å²) in [4.78, 5) is 24.7. The molecule has 0 bridgehead atoms. The summed E-state index contributed by atoms with van der Waals surface area (Å²) in [5.74, 6) is -0.366. The Bertz CT molecular complexity index is 545. The van der Waals surface area contributed by atoms with E-state index in [1.54, 1.807) is 0 Å². The Hall–Kier alpha value is -1.88. The SMILES string of the molecule is CNCCNC(=O)C(NC(=O)c1ccc(C(C)(C)C)cc1)C(C)C. The molecule has 2 amide bonds. The van der Waals surface area contributed by atoms with Crippen LogP contribution in [0.4, 0.5) is 0 Å². The maximum Gasteiger partial charge on any atom is 0.251 e. The monoisotopic (exact) mass is 333 g/mol. The number of rotatable bonds is 7. The molecular formula is C19H31N3O2. The lowest BCUT2D eigenvalue weighted by Crippen LogP contribution is -2.50. The van der Waals surface area contributed by atoms with Gasteiger partial charge < -0.3 is 16.0 Å². The second-order valence-corrected chi connectivity index (χ2v) is 7.42. The zero-order valence-electron chi connectivity index (χ0n) is 15.7. The number of benzene rings is 1. The first-order valence-corrected chi connectivity index (χ1v) is 8.50. The van der Waals surface area contributed by atoms with Gasteiger partial charge in [0, 0.05) is 18.7 Å². The molecule has 1 unspecified atom stereocenters. The van der Waals surface area contributed by atoms with E-state index in [1.165, 1.54) is 5.56 Å². The molecule has 0 radical (unpaired) electrons. The predicted octanol–water partition coefficient (Wildman–Crippen LogP) is 2.07. The van der Waals surface area contributed by atoms with E-state index in [4.69, 9.17) is 0 Å². The van der Waals surface area contributed by atoms with Crippen LogP contribution in [-0.2, 0) is 10.2 Å². The van der Waals surface area contributed by atoms with Gasteiger partial charge >= 0.3 is 0 Å². The van der Waals surface area contributed by atoms with Crippen LogP contribution in [-0.4, -0.2) is 38.0 Å². The molecule has 0 heterocycles. The Balaban J connectivity index is 2.76. The van der Waals surface area contributed by atoms with Crippen molar-refractivity contribution in [3.63, 3.8) is 0 Å². The number of hydrogen-bond acceptors (Lipinski definition) is 3. The molecule has 1 atom stereocenters. The molecule has 0 aliphatic heterocycles. The third kappa shape index (κ3) is 5.96. The highest BCUT2D eigenvalue weighted by molar-refractivity contribution is 5.97. The molecule has 5 nitrogen and oxygen atoms in total. The standard InChI is InChI=1S/C19H31N3O2/c1-13(2)16(18(24)21-12-11-20-6)22-17(23)14-7-9-15(10-8-14)19(3,4)5/h7-10,13,16,20H,11-12H2,1-6H3,(H,21,24)(H,22,23). The minimum Gasteiger partial charge on any atom is -0.353 e. The van der Waals surface area contributed by atoms with Gasteiger partial charge in [-0.1, -0.05) is 46.8 Å².